The fourth-order valence-electron chi connectivity index (χ4n) is 3.86. The number of carbonyl (C=O) groups is 1. The van der Waals surface area contributed by atoms with Crippen LogP contribution in [0.1, 0.15) is 15.9 Å². The molecule has 0 spiro atoms. The Morgan fingerprint density at radius 1 is 0.971 bits per heavy atom. The lowest BCUT2D eigenvalue weighted by Gasteiger charge is -2.10. The Morgan fingerprint density at radius 3 is 2.51 bits per heavy atom. The molecule has 0 saturated heterocycles. The molecule has 1 N–H and O–H groups in total. The summed E-state index contributed by atoms with van der Waals surface area (Å²) in [4.78, 5) is 29.0. The second-order valence-corrected chi connectivity index (χ2v) is 8.35. The maximum Gasteiger partial charge on any atom is 0.293 e. The molecular weight excluding hydrogens is 466 g/mol. The van der Waals surface area contributed by atoms with Gasteiger partial charge in [0.05, 0.1) is 21.0 Å². The third-order valence-corrected chi connectivity index (χ3v) is 5.89. The number of nitrogens with zero attached hydrogens (tertiary/aromatic N) is 2. The Morgan fingerprint density at radius 2 is 1.71 bits per heavy atom. The zero-order chi connectivity index (χ0) is 24.5. The summed E-state index contributed by atoms with van der Waals surface area (Å²) in [5.41, 5.74) is 2.76. The van der Waals surface area contributed by atoms with Crippen molar-refractivity contribution in [1.82, 2.24) is 4.98 Å². The predicted octanol–water partition coefficient (Wildman–Crippen LogP) is 7.28. The van der Waals surface area contributed by atoms with Crippen LogP contribution < -0.4 is 5.32 Å². The first-order valence-corrected chi connectivity index (χ1v) is 11.1. The van der Waals surface area contributed by atoms with Crippen LogP contribution >= 0.6 is 11.6 Å². The molecule has 0 aliphatic carbocycles. The molecule has 172 valence electrons. The first kappa shape index (κ1) is 22.3. The summed E-state index contributed by atoms with van der Waals surface area (Å²) in [6, 6.07) is 24.4. The number of nitrogens with one attached hydrogen (secondary N) is 1. The van der Waals surface area contributed by atoms with Gasteiger partial charge in [-0.05, 0) is 55.0 Å². The van der Waals surface area contributed by atoms with Gasteiger partial charge in [0.1, 0.15) is 17.1 Å². The molecule has 0 radical (unpaired) electrons. The molecule has 0 saturated carbocycles. The van der Waals surface area contributed by atoms with Crippen LogP contribution in [0.3, 0.4) is 0 Å². The molecular formula is C27H18ClN3O4. The number of pyridine rings is 1. The van der Waals surface area contributed by atoms with E-state index in [0.717, 1.165) is 11.1 Å². The number of nitro groups is 1. The second-order valence-electron chi connectivity index (χ2n) is 7.95. The molecule has 5 rings (SSSR count). The van der Waals surface area contributed by atoms with Crippen LogP contribution in [-0.4, -0.2) is 15.8 Å². The summed E-state index contributed by atoms with van der Waals surface area (Å²) in [5, 5.41) is 15.4. The number of carbonyl (C=O) groups excluding carboxylic acids is 1. The SMILES string of the molecule is Cc1ccc(NC(=O)c2cc(-c3ccc(-c4ccccc4Cl)o3)nc3ccccc23)c([N+](=O)[O-])c1. The van der Waals surface area contributed by atoms with Gasteiger partial charge in [-0.15, -0.1) is 0 Å². The highest BCUT2D eigenvalue weighted by molar-refractivity contribution is 6.33. The van der Waals surface area contributed by atoms with E-state index in [2.05, 4.69) is 10.3 Å². The maximum atomic E-state index is 13.3. The molecule has 0 bridgehead atoms. The fourth-order valence-corrected chi connectivity index (χ4v) is 4.09. The number of anilines is 1. The minimum atomic E-state index is -0.516. The number of amides is 1. The molecule has 35 heavy (non-hydrogen) atoms. The molecule has 5 aromatic rings. The van der Waals surface area contributed by atoms with Crippen LogP contribution in [0.15, 0.2) is 89.3 Å². The van der Waals surface area contributed by atoms with Gasteiger partial charge in [-0.1, -0.05) is 48.0 Å². The zero-order valence-corrected chi connectivity index (χ0v) is 19.2. The first-order valence-electron chi connectivity index (χ1n) is 10.7. The Labute approximate surface area is 205 Å². The molecule has 7 nitrogen and oxygen atoms in total. The summed E-state index contributed by atoms with van der Waals surface area (Å²) in [6.45, 7) is 1.75. The minimum Gasteiger partial charge on any atom is -0.454 e. The van der Waals surface area contributed by atoms with Crippen molar-refractivity contribution >= 4 is 39.8 Å². The average molecular weight is 484 g/mol. The fraction of sp³-hybridized carbons (Fsp3) is 0.0370. The average Bonchev–Trinajstić information content (AvgIpc) is 3.34. The molecule has 0 fully saturated rings. The highest BCUT2D eigenvalue weighted by Gasteiger charge is 2.20. The van der Waals surface area contributed by atoms with Gasteiger partial charge in [0, 0.05) is 17.0 Å². The minimum absolute atomic E-state index is 0.118. The number of hydrogen-bond donors (Lipinski definition) is 1. The van der Waals surface area contributed by atoms with Crippen LogP contribution in [0.25, 0.3) is 33.7 Å². The summed E-state index contributed by atoms with van der Waals surface area (Å²) in [5.74, 6) is 0.539. The number of nitro benzene ring substituents is 1. The van der Waals surface area contributed by atoms with E-state index in [1.54, 1.807) is 55.5 Å². The Kier molecular flexibility index (Phi) is 5.76. The van der Waals surface area contributed by atoms with E-state index in [-0.39, 0.29) is 11.4 Å². The van der Waals surface area contributed by atoms with Gasteiger partial charge in [0.25, 0.3) is 11.6 Å². The molecule has 0 unspecified atom stereocenters. The van der Waals surface area contributed by atoms with Crippen molar-refractivity contribution in [3.05, 3.63) is 111 Å². The van der Waals surface area contributed by atoms with E-state index in [4.69, 9.17) is 16.0 Å². The van der Waals surface area contributed by atoms with E-state index >= 15 is 0 Å². The number of aromatic nitrogens is 1. The van der Waals surface area contributed by atoms with Gasteiger partial charge in [-0.25, -0.2) is 4.98 Å². The van der Waals surface area contributed by atoms with Crippen molar-refractivity contribution in [3.63, 3.8) is 0 Å². The molecule has 0 aliphatic rings. The van der Waals surface area contributed by atoms with Crippen molar-refractivity contribution in [2.75, 3.05) is 5.32 Å². The van der Waals surface area contributed by atoms with E-state index in [1.807, 2.05) is 24.3 Å². The molecule has 2 aromatic heterocycles. The Bertz CT molecular complexity index is 1610. The normalized spacial score (nSPS) is 10.9. The Balaban J connectivity index is 1.57. The highest BCUT2D eigenvalue weighted by atomic mass is 35.5. The number of rotatable bonds is 5. The smallest absolute Gasteiger partial charge is 0.293 e. The van der Waals surface area contributed by atoms with Crippen LogP contribution in [0.4, 0.5) is 11.4 Å². The van der Waals surface area contributed by atoms with Crippen LogP contribution in [-0.2, 0) is 0 Å². The lowest BCUT2D eigenvalue weighted by Crippen LogP contribution is -2.14. The highest BCUT2D eigenvalue weighted by Crippen LogP contribution is 2.34. The standard InChI is InChI=1S/C27H18ClN3O4/c1-16-10-11-22(24(14-16)31(33)34)30-27(32)19-15-23(29-21-9-5-3-6-17(19)21)26-13-12-25(35-26)18-7-2-4-8-20(18)28/h2-15H,1H3,(H,30,32). The molecule has 2 heterocycles. The number of para-hydroxylation sites is 1. The van der Waals surface area contributed by atoms with Gasteiger partial charge in [-0.3, -0.25) is 14.9 Å². The molecule has 8 heteroatoms. The number of benzene rings is 3. The second kappa shape index (κ2) is 9.04. The van der Waals surface area contributed by atoms with Gasteiger partial charge < -0.3 is 9.73 Å². The third kappa shape index (κ3) is 4.37. The molecule has 3 aromatic carbocycles. The molecule has 0 atom stereocenters. The van der Waals surface area contributed by atoms with Crippen LogP contribution in [0, 0.1) is 17.0 Å². The molecule has 0 aliphatic heterocycles. The summed E-state index contributed by atoms with van der Waals surface area (Å²) in [7, 11) is 0. The Hall–Kier alpha value is -4.49. The maximum absolute atomic E-state index is 13.3. The number of furan rings is 1. The lowest BCUT2D eigenvalue weighted by atomic mass is 10.1. The zero-order valence-electron chi connectivity index (χ0n) is 18.5. The van der Waals surface area contributed by atoms with Gasteiger partial charge in [0.15, 0.2) is 5.76 Å². The van der Waals surface area contributed by atoms with Gasteiger partial charge in [-0.2, -0.15) is 0 Å². The van der Waals surface area contributed by atoms with Crippen LogP contribution in [0.2, 0.25) is 5.02 Å². The van der Waals surface area contributed by atoms with E-state index in [0.29, 0.717) is 38.7 Å². The van der Waals surface area contributed by atoms with E-state index < -0.39 is 10.8 Å². The number of halogens is 1. The monoisotopic (exact) mass is 483 g/mol. The summed E-state index contributed by atoms with van der Waals surface area (Å²) < 4.78 is 6.03. The van der Waals surface area contributed by atoms with E-state index in [9.17, 15) is 14.9 Å². The van der Waals surface area contributed by atoms with Crippen molar-refractivity contribution in [2.45, 2.75) is 6.92 Å². The summed E-state index contributed by atoms with van der Waals surface area (Å²) in [6.07, 6.45) is 0. The number of hydrogen-bond acceptors (Lipinski definition) is 5. The van der Waals surface area contributed by atoms with Crippen molar-refractivity contribution in [2.24, 2.45) is 0 Å². The quantitative estimate of drug-likeness (QED) is 0.209. The van der Waals surface area contributed by atoms with Crippen LogP contribution in [0.5, 0.6) is 0 Å². The van der Waals surface area contributed by atoms with E-state index in [1.165, 1.54) is 12.1 Å². The topological polar surface area (TPSA) is 98.3 Å². The molecule has 1 amide bonds. The van der Waals surface area contributed by atoms with Crippen molar-refractivity contribution in [1.29, 1.82) is 0 Å². The number of fused-ring (bicyclic) bond motifs is 1. The van der Waals surface area contributed by atoms with Crippen molar-refractivity contribution < 1.29 is 14.1 Å². The summed E-state index contributed by atoms with van der Waals surface area (Å²) >= 11 is 6.30. The number of aryl methyl sites for hydroxylation is 1. The first-order chi connectivity index (χ1) is 16.9. The van der Waals surface area contributed by atoms with Crippen molar-refractivity contribution in [3.8, 4) is 22.8 Å². The van der Waals surface area contributed by atoms with Gasteiger partial charge in [0.2, 0.25) is 0 Å². The lowest BCUT2D eigenvalue weighted by molar-refractivity contribution is -0.384. The third-order valence-electron chi connectivity index (χ3n) is 5.56. The van der Waals surface area contributed by atoms with Gasteiger partial charge >= 0.3 is 0 Å². The predicted molar refractivity (Wildman–Crippen MR) is 136 cm³/mol. The largest absolute Gasteiger partial charge is 0.454 e.